The number of hydrogen-bond acceptors (Lipinski definition) is 4. The van der Waals surface area contributed by atoms with Crippen LogP contribution in [-0.4, -0.2) is 26.4 Å². The second-order valence-electron chi connectivity index (χ2n) is 7.49. The van der Waals surface area contributed by atoms with Gasteiger partial charge in [0.25, 0.3) is 0 Å². The Balaban J connectivity index is 0.00000256. The van der Waals surface area contributed by atoms with E-state index in [4.69, 9.17) is 4.74 Å². The first-order valence-corrected chi connectivity index (χ1v) is 9.70. The zero-order valence-electron chi connectivity index (χ0n) is 16.1. The number of carbonyl (C=O) groups is 1. The number of ketones is 1. The number of hydrogen-bond donors (Lipinski definition) is 1. The number of aryl methyl sites for hydroxylation is 1. The van der Waals surface area contributed by atoms with Gasteiger partial charge in [-0.15, -0.1) is 0 Å². The molecule has 5 nitrogen and oxygen atoms in total. The lowest BCUT2D eigenvalue weighted by Gasteiger charge is -2.13. The fourth-order valence-electron chi connectivity index (χ4n) is 4.01. The summed E-state index contributed by atoms with van der Waals surface area (Å²) in [5, 5.41) is 10.0. The highest BCUT2D eigenvalue weighted by atomic mass is 19.1. The van der Waals surface area contributed by atoms with Crippen LogP contribution in [0.2, 0.25) is 0 Å². The van der Waals surface area contributed by atoms with Crippen molar-refractivity contribution in [2.75, 3.05) is 0 Å². The first kappa shape index (κ1) is 21.9. The van der Waals surface area contributed by atoms with Gasteiger partial charge in [-0.05, 0) is 49.9 Å². The van der Waals surface area contributed by atoms with Crippen molar-refractivity contribution in [1.29, 1.82) is 0 Å². The fraction of sp³-hybridized carbons (Fsp3) is 0.391. The summed E-state index contributed by atoms with van der Waals surface area (Å²) in [7, 11) is 0. The first-order chi connectivity index (χ1) is 14.0. The molecule has 3 aromatic rings. The zero-order chi connectivity index (χ0) is 20.5. The maximum Gasteiger partial charge on any atom is 0.181 e. The quantitative estimate of drug-likeness (QED) is 0.583. The van der Waals surface area contributed by atoms with Crippen LogP contribution in [0.1, 0.15) is 54.9 Å². The Morgan fingerprint density at radius 1 is 1.23 bits per heavy atom. The van der Waals surface area contributed by atoms with Crippen LogP contribution in [0, 0.1) is 24.5 Å². The minimum atomic E-state index is -0.678. The Hall–Kier alpha value is -2.80. The van der Waals surface area contributed by atoms with Crippen molar-refractivity contribution < 1.29 is 23.4 Å². The molecule has 2 atom stereocenters. The van der Waals surface area contributed by atoms with E-state index in [0.29, 0.717) is 22.8 Å². The number of benzene rings is 1. The van der Waals surface area contributed by atoms with Gasteiger partial charge in [-0.25, -0.2) is 13.8 Å². The van der Waals surface area contributed by atoms with E-state index in [1.54, 1.807) is 29.7 Å². The van der Waals surface area contributed by atoms with Gasteiger partial charge in [0.05, 0.1) is 17.4 Å². The number of nitrogens with zero attached hydrogens (tertiary/aromatic N) is 2. The maximum absolute atomic E-state index is 13.9. The molecule has 1 aromatic carbocycles. The van der Waals surface area contributed by atoms with Gasteiger partial charge in [-0.2, -0.15) is 0 Å². The van der Waals surface area contributed by atoms with Gasteiger partial charge >= 0.3 is 0 Å². The monoisotopic (exact) mass is 416 g/mol. The summed E-state index contributed by atoms with van der Waals surface area (Å²) >= 11 is 0. The number of imidazole rings is 1. The van der Waals surface area contributed by atoms with Gasteiger partial charge in [0.15, 0.2) is 17.2 Å². The van der Waals surface area contributed by atoms with E-state index in [2.05, 4.69) is 4.98 Å². The first-order valence-electron chi connectivity index (χ1n) is 9.70. The summed E-state index contributed by atoms with van der Waals surface area (Å²) in [6.07, 6.45) is 4.04. The molecule has 2 aromatic heterocycles. The predicted octanol–water partition coefficient (Wildman–Crippen LogP) is 4.87. The molecule has 0 amide bonds. The summed E-state index contributed by atoms with van der Waals surface area (Å²) in [4.78, 5) is 17.4. The molecular weight excluding hydrogens is 390 g/mol. The van der Waals surface area contributed by atoms with Gasteiger partial charge in [-0.3, -0.25) is 9.20 Å². The molecule has 0 unspecified atom stereocenters. The normalized spacial score (nSPS) is 18.4. The van der Waals surface area contributed by atoms with Crippen LogP contribution in [-0.2, 0) is 6.61 Å². The molecule has 1 N–H and O–H groups in total. The van der Waals surface area contributed by atoms with Crippen molar-refractivity contribution in [2.45, 2.75) is 52.7 Å². The summed E-state index contributed by atoms with van der Waals surface area (Å²) < 4.78 is 35.0. The average molecular weight is 416 g/mol. The number of carbonyl (C=O) groups excluding carboxylic acids is 1. The number of aliphatic hydroxyl groups is 1. The molecular formula is C23H26F2N2O3. The molecule has 30 heavy (non-hydrogen) atoms. The average Bonchev–Trinajstić information content (AvgIpc) is 3.23. The topological polar surface area (TPSA) is 63.8 Å². The minimum absolute atomic E-state index is 0. The van der Waals surface area contributed by atoms with E-state index in [-0.39, 0.29) is 37.7 Å². The third-order valence-corrected chi connectivity index (χ3v) is 5.55. The molecule has 0 saturated heterocycles. The Labute approximate surface area is 174 Å². The van der Waals surface area contributed by atoms with Crippen LogP contribution >= 0.6 is 0 Å². The molecule has 0 bridgehead atoms. The van der Waals surface area contributed by atoms with Crippen molar-refractivity contribution in [3.8, 4) is 5.75 Å². The van der Waals surface area contributed by atoms with Crippen LogP contribution < -0.4 is 4.74 Å². The number of aromatic nitrogens is 2. The molecule has 0 aliphatic heterocycles. The Morgan fingerprint density at radius 3 is 2.63 bits per heavy atom. The number of Topliss-reactive ketones (excluding diaryl/α,β-unsaturated/α-hetero) is 1. The standard InChI is InChI=1S/C22H22F2N2O3.CH4/c1-13-21(19(28)11-14-5-2-8-18(14)27)26-10-4-9-20(22(26)25-13)29-12-15-16(23)6-3-7-17(15)24;/h3-4,6-7,9-10,14,18,27H,2,5,8,11-12H2,1H3;1H4/t14-,18-;/m0./s1. The van der Waals surface area contributed by atoms with E-state index < -0.39 is 17.7 Å². The van der Waals surface area contributed by atoms with E-state index in [1.807, 2.05) is 0 Å². The third kappa shape index (κ3) is 4.07. The number of ether oxygens (including phenoxy) is 1. The number of rotatable bonds is 6. The van der Waals surface area contributed by atoms with Crippen molar-refractivity contribution in [1.82, 2.24) is 9.38 Å². The van der Waals surface area contributed by atoms with Crippen molar-refractivity contribution in [2.24, 2.45) is 5.92 Å². The number of fused-ring (bicyclic) bond motifs is 1. The SMILES string of the molecule is C.Cc1nc2c(OCc3c(F)cccc3F)cccn2c1C(=O)C[C@@H]1CCC[C@@H]1O. The summed E-state index contributed by atoms with van der Waals surface area (Å²) in [5.74, 6) is -1.14. The molecule has 0 radical (unpaired) electrons. The number of halogens is 2. The van der Waals surface area contributed by atoms with E-state index >= 15 is 0 Å². The number of aliphatic hydroxyl groups excluding tert-OH is 1. The van der Waals surface area contributed by atoms with E-state index in [9.17, 15) is 18.7 Å². The lowest BCUT2D eigenvalue weighted by Crippen LogP contribution is -2.18. The molecule has 1 fully saturated rings. The Kier molecular flexibility index (Phi) is 6.51. The van der Waals surface area contributed by atoms with Gasteiger partial charge < -0.3 is 9.84 Å². The highest BCUT2D eigenvalue weighted by Crippen LogP contribution is 2.31. The highest BCUT2D eigenvalue weighted by molar-refractivity contribution is 5.97. The van der Waals surface area contributed by atoms with Crippen LogP contribution in [0.3, 0.4) is 0 Å². The zero-order valence-corrected chi connectivity index (χ0v) is 16.1. The van der Waals surface area contributed by atoms with Crippen LogP contribution in [0.5, 0.6) is 5.75 Å². The molecule has 1 saturated carbocycles. The second kappa shape index (κ2) is 8.92. The van der Waals surface area contributed by atoms with Crippen LogP contribution in [0.25, 0.3) is 5.65 Å². The molecule has 1 aliphatic carbocycles. The van der Waals surface area contributed by atoms with Crippen LogP contribution in [0.15, 0.2) is 36.5 Å². The molecule has 160 valence electrons. The third-order valence-electron chi connectivity index (χ3n) is 5.55. The fourth-order valence-corrected chi connectivity index (χ4v) is 4.01. The number of pyridine rings is 1. The summed E-state index contributed by atoms with van der Waals surface area (Å²) in [6.45, 7) is 1.45. The molecule has 4 rings (SSSR count). The van der Waals surface area contributed by atoms with Gasteiger partial charge in [0.1, 0.15) is 23.9 Å². The second-order valence-corrected chi connectivity index (χ2v) is 7.49. The Morgan fingerprint density at radius 2 is 1.97 bits per heavy atom. The van der Waals surface area contributed by atoms with E-state index in [0.717, 1.165) is 19.3 Å². The van der Waals surface area contributed by atoms with Crippen molar-refractivity contribution in [3.05, 3.63) is 65.1 Å². The molecule has 1 aliphatic rings. The molecule has 2 heterocycles. The van der Waals surface area contributed by atoms with Crippen molar-refractivity contribution >= 4 is 11.4 Å². The molecule has 7 heteroatoms. The predicted molar refractivity (Wildman–Crippen MR) is 110 cm³/mol. The Bertz CT molecular complexity index is 1040. The maximum atomic E-state index is 13.9. The molecule has 0 spiro atoms. The minimum Gasteiger partial charge on any atom is -0.485 e. The highest BCUT2D eigenvalue weighted by Gasteiger charge is 2.29. The van der Waals surface area contributed by atoms with Crippen LogP contribution in [0.4, 0.5) is 8.78 Å². The smallest absolute Gasteiger partial charge is 0.181 e. The van der Waals surface area contributed by atoms with Crippen molar-refractivity contribution in [3.63, 3.8) is 0 Å². The van der Waals surface area contributed by atoms with E-state index in [1.165, 1.54) is 18.2 Å². The lowest BCUT2D eigenvalue weighted by molar-refractivity contribution is 0.0862. The largest absolute Gasteiger partial charge is 0.485 e. The van der Waals surface area contributed by atoms with Gasteiger partial charge in [-0.1, -0.05) is 19.9 Å². The van der Waals surface area contributed by atoms with Gasteiger partial charge in [0, 0.05) is 12.6 Å². The summed E-state index contributed by atoms with van der Waals surface area (Å²) in [6, 6.07) is 7.00. The lowest BCUT2D eigenvalue weighted by atomic mass is 9.97. The summed E-state index contributed by atoms with van der Waals surface area (Å²) in [5.41, 5.74) is 1.25. The van der Waals surface area contributed by atoms with Gasteiger partial charge in [0.2, 0.25) is 0 Å².